The van der Waals surface area contributed by atoms with Crippen molar-refractivity contribution in [3.05, 3.63) is 35.9 Å². The van der Waals surface area contributed by atoms with Gasteiger partial charge in [0.1, 0.15) is 12.2 Å². The highest BCUT2D eigenvalue weighted by molar-refractivity contribution is 6.00. The Labute approximate surface area is 88.7 Å². The summed E-state index contributed by atoms with van der Waals surface area (Å²) in [5, 5.41) is 9.77. The van der Waals surface area contributed by atoms with Crippen LogP contribution in [0.1, 0.15) is 24.2 Å². The molecule has 1 aliphatic heterocycles. The van der Waals surface area contributed by atoms with E-state index in [4.69, 9.17) is 4.74 Å². The van der Waals surface area contributed by atoms with E-state index in [1.165, 1.54) is 0 Å². The third-order valence-electron chi connectivity index (χ3n) is 2.67. The van der Waals surface area contributed by atoms with Gasteiger partial charge in [0.25, 0.3) is 0 Å². The molecule has 2 rings (SSSR count). The van der Waals surface area contributed by atoms with E-state index in [1.54, 1.807) is 24.3 Å². The summed E-state index contributed by atoms with van der Waals surface area (Å²) < 4.78 is 5.24. The Bertz CT molecular complexity index is 370. The molecule has 2 atom stereocenters. The largest absolute Gasteiger partial charge is 0.382 e. The van der Waals surface area contributed by atoms with Gasteiger partial charge in [0.05, 0.1) is 5.60 Å². The number of aliphatic hydroxyl groups is 1. The van der Waals surface area contributed by atoms with Crippen molar-refractivity contribution in [2.45, 2.75) is 31.7 Å². The lowest BCUT2D eigenvalue weighted by atomic mass is 9.98. The van der Waals surface area contributed by atoms with Gasteiger partial charge in [0.15, 0.2) is 5.78 Å². The highest BCUT2D eigenvalue weighted by atomic mass is 16.6. The highest BCUT2D eigenvalue weighted by Gasteiger charge is 2.54. The van der Waals surface area contributed by atoms with Crippen LogP contribution in [0.4, 0.5) is 0 Å². The summed E-state index contributed by atoms with van der Waals surface area (Å²) in [6.07, 6.45) is -1.42. The molecule has 2 unspecified atom stereocenters. The highest BCUT2D eigenvalue weighted by Crippen LogP contribution is 2.38. The lowest BCUT2D eigenvalue weighted by Gasteiger charge is -2.07. The fraction of sp³-hybridized carbons (Fsp3) is 0.417. The molecule has 1 aromatic rings. The van der Waals surface area contributed by atoms with Crippen molar-refractivity contribution in [3.8, 4) is 0 Å². The Balaban J connectivity index is 2.10. The first kappa shape index (κ1) is 10.3. The number of ketones is 1. The molecule has 15 heavy (non-hydrogen) atoms. The second-order valence-corrected chi connectivity index (χ2v) is 4.32. The molecule has 0 spiro atoms. The van der Waals surface area contributed by atoms with E-state index in [0.717, 1.165) is 0 Å². The molecule has 3 heteroatoms. The lowest BCUT2D eigenvalue weighted by Crippen LogP contribution is -2.29. The average Bonchev–Trinajstić information content (AvgIpc) is 2.87. The Kier molecular flexibility index (Phi) is 2.37. The average molecular weight is 206 g/mol. The van der Waals surface area contributed by atoms with Gasteiger partial charge >= 0.3 is 0 Å². The molecular weight excluding hydrogens is 192 g/mol. The first-order chi connectivity index (χ1) is 7.02. The monoisotopic (exact) mass is 206 g/mol. The molecule has 0 amide bonds. The molecule has 1 saturated heterocycles. The van der Waals surface area contributed by atoms with Crippen LogP contribution in [-0.4, -0.2) is 28.7 Å². The number of hydrogen-bond acceptors (Lipinski definition) is 3. The topological polar surface area (TPSA) is 49.8 Å². The van der Waals surface area contributed by atoms with Crippen LogP contribution in [-0.2, 0) is 4.74 Å². The number of carbonyl (C=O) groups excluding carboxylic acids is 1. The van der Waals surface area contributed by atoms with E-state index in [0.29, 0.717) is 5.56 Å². The predicted octanol–water partition coefficient (Wildman–Crippen LogP) is 1.41. The van der Waals surface area contributed by atoms with Gasteiger partial charge in [-0.05, 0) is 13.8 Å². The maximum absolute atomic E-state index is 11.8. The number of Topliss-reactive ketones (excluding diaryl/α,β-unsaturated/α-hetero) is 1. The van der Waals surface area contributed by atoms with E-state index in [9.17, 15) is 9.90 Å². The molecular formula is C12H14O3. The van der Waals surface area contributed by atoms with Gasteiger partial charge in [-0.1, -0.05) is 30.3 Å². The van der Waals surface area contributed by atoms with E-state index < -0.39 is 6.10 Å². The molecule has 3 nitrogen and oxygen atoms in total. The van der Waals surface area contributed by atoms with Crippen LogP contribution in [0, 0.1) is 0 Å². The molecule has 0 aromatic heterocycles. The van der Waals surface area contributed by atoms with E-state index >= 15 is 0 Å². The van der Waals surface area contributed by atoms with Gasteiger partial charge in [-0.2, -0.15) is 0 Å². The zero-order chi connectivity index (χ0) is 11.1. The third kappa shape index (κ3) is 1.94. The summed E-state index contributed by atoms with van der Waals surface area (Å²) in [5.74, 6) is -0.272. The van der Waals surface area contributed by atoms with Crippen LogP contribution in [0.5, 0.6) is 0 Å². The van der Waals surface area contributed by atoms with Gasteiger partial charge < -0.3 is 9.84 Å². The summed E-state index contributed by atoms with van der Waals surface area (Å²) in [6.45, 7) is 3.72. The minimum absolute atomic E-state index is 0.272. The van der Waals surface area contributed by atoms with Gasteiger partial charge in [-0.3, -0.25) is 4.79 Å². The van der Waals surface area contributed by atoms with Crippen molar-refractivity contribution >= 4 is 5.78 Å². The smallest absolute Gasteiger partial charge is 0.194 e. The van der Waals surface area contributed by atoms with E-state index in [1.807, 2.05) is 19.9 Å². The Morgan fingerprint density at radius 2 is 1.93 bits per heavy atom. The fourth-order valence-corrected chi connectivity index (χ4v) is 1.65. The second kappa shape index (κ2) is 3.43. The molecule has 1 heterocycles. The van der Waals surface area contributed by atoms with Crippen LogP contribution in [0.3, 0.4) is 0 Å². The lowest BCUT2D eigenvalue weighted by molar-refractivity contribution is 0.0683. The number of epoxide rings is 1. The fourth-order valence-electron chi connectivity index (χ4n) is 1.65. The summed E-state index contributed by atoms with van der Waals surface area (Å²) in [7, 11) is 0. The van der Waals surface area contributed by atoms with Crippen molar-refractivity contribution in [1.82, 2.24) is 0 Å². The number of benzene rings is 1. The van der Waals surface area contributed by atoms with Crippen molar-refractivity contribution in [1.29, 1.82) is 0 Å². The first-order valence-corrected chi connectivity index (χ1v) is 4.97. The predicted molar refractivity (Wildman–Crippen MR) is 55.7 cm³/mol. The molecule has 1 fully saturated rings. The number of rotatable bonds is 3. The maximum atomic E-state index is 11.8. The van der Waals surface area contributed by atoms with Crippen molar-refractivity contribution in [3.63, 3.8) is 0 Å². The number of ether oxygens (including phenoxy) is 1. The molecule has 1 aromatic carbocycles. The van der Waals surface area contributed by atoms with E-state index in [2.05, 4.69) is 0 Å². The van der Waals surface area contributed by atoms with Crippen LogP contribution in [0.2, 0.25) is 0 Å². The first-order valence-electron chi connectivity index (χ1n) is 4.97. The third-order valence-corrected chi connectivity index (χ3v) is 2.67. The zero-order valence-corrected chi connectivity index (χ0v) is 8.81. The number of hydrogen-bond donors (Lipinski definition) is 1. The van der Waals surface area contributed by atoms with E-state index in [-0.39, 0.29) is 17.5 Å². The van der Waals surface area contributed by atoms with Gasteiger partial charge in [-0.25, -0.2) is 0 Å². The normalized spacial score (nSPS) is 24.6. The maximum Gasteiger partial charge on any atom is 0.194 e. The van der Waals surface area contributed by atoms with Crippen molar-refractivity contribution in [2.24, 2.45) is 0 Å². The molecule has 0 saturated carbocycles. The molecule has 0 bridgehead atoms. The standard InChI is InChI=1S/C12H14O3/c1-12(2)11(15-12)10(14)9(13)8-6-4-3-5-7-8/h3-7,10-11,14H,1-2H3. The van der Waals surface area contributed by atoms with Crippen LogP contribution >= 0.6 is 0 Å². The van der Waals surface area contributed by atoms with Gasteiger partial charge in [-0.15, -0.1) is 0 Å². The van der Waals surface area contributed by atoms with Crippen molar-refractivity contribution < 1.29 is 14.6 Å². The Hall–Kier alpha value is -1.19. The zero-order valence-electron chi connectivity index (χ0n) is 8.81. The molecule has 0 aliphatic carbocycles. The Morgan fingerprint density at radius 1 is 1.40 bits per heavy atom. The molecule has 80 valence electrons. The summed E-state index contributed by atoms with van der Waals surface area (Å²) in [5.41, 5.74) is 0.153. The minimum Gasteiger partial charge on any atom is -0.382 e. The number of aliphatic hydroxyl groups excluding tert-OH is 1. The van der Waals surface area contributed by atoms with Crippen LogP contribution in [0.25, 0.3) is 0 Å². The Morgan fingerprint density at radius 3 is 2.40 bits per heavy atom. The molecule has 1 aliphatic rings. The number of carbonyl (C=O) groups is 1. The quantitative estimate of drug-likeness (QED) is 0.601. The van der Waals surface area contributed by atoms with Crippen LogP contribution in [0.15, 0.2) is 30.3 Å². The minimum atomic E-state index is -1.05. The molecule has 1 N–H and O–H groups in total. The molecule has 0 radical (unpaired) electrons. The van der Waals surface area contributed by atoms with Gasteiger partial charge in [0, 0.05) is 5.56 Å². The van der Waals surface area contributed by atoms with Crippen LogP contribution < -0.4 is 0 Å². The summed E-state index contributed by atoms with van der Waals surface area (Å²) >= 11 is 0. The van der Waals surface area contributed by atoms with Crippen molar-refractivity contribution in [2.75, 3.05) is 0 Å². The second-order valence-electron chi connectivity index (χ2n) is 4.32. The SMILES string of the molecule is CC1(C)OC1C(O)C(=O)c1ccccc1. The summed E-state index contributed by atoms with van der Waals surface area (Å²) in [4.78, 5) is 11.8. The van der Waals surface area contributed by atoms with Gasteiger partial charge in [0.2, 0.25) is 0 Å². The summed E-state index contributed by atoms with van der Waals surface area (Å²) in [6, 6.07) is 8.78.